The lowest BCUT2D eigenvalue weighted by Crippen LogP contribution is -1.84. The molecule has 0 spiro atoms. The Kier molecular flexibility index (Phi) is 3.46. The van der Waals surface area contributed by atoms with Crippen LogP contribution < -0.4 is 0 Å². The third-order valence-corrected chi connectivity index (χ3v) is 3.77. The minimum Gasteiger partial charge on any atom is -0.332 e. The largest absolute Gasteiger partial charge is 0.332 e. The van der Waals surface area contributed by atoms with Crippen molar-refractivity contribution in [2.75, 3.05) is 0 Å². The van der Waals surface area contributed by atoms with E-state index >= 15 is 0 Å². The van der Waals surface area contributed by atoms with Crippen LogP contribution in [0, 0.1) is 3.57 Å². The summed E-state index contributed by atoms with van der Waals surface area (Å²) in [5, 5.41) is 11.6. The van der Waals surface area contributed by atoms with E-state index in [1.165, 1.54) is 0 Å². The summed E-state index contributed by atoms with van der Waals surface area (Å²) in [5.41, 5.74) is 1.35. The normalized spacial score (nSPS) is 10.9. The van der Waals surface area contributed by atoms with E-state index in [0.29, 0.717) is 33.0 Å². The second-order valence-electron chi connectivity index (χ2n) is 3.64. The van der Waals surface area contributed by atoms with Crippen LogP contribution in [0.25, 0.3) is 23.0 Å². The molecule has 0 radical (unpaired) electrons. The second kappa shape index (κ2) is 5.10. The van der Waals surface area contributed by atoms with Gasteiger partial charge in [0.05, 0.1) is 14.8 Å². The van der Waals surface area contributed by atoms with Crippen LogP contribution in [0.2, 0.25) is 10.0 Å². The fourth-order valence-corrected chi connectivity index (χ4v) is 2.51. The zero-order chi connectivity index (χ0) is 13.4. The van der Waals surface area contributed by atoms with Gasteiger partial charge in [-0.05, 0) is 40.8 Å². The highest BCUT2D eigenvalue weighted by molar-refractivity contribution is 14.1. The SMILES string of the molecule is Clc1ccc(-c2noc(-c3[nH]ncc3I)n2)c(Cl)c1. The summed E-state index contributed by atoms with van der Waals surface area (Å²) in [5.74, 6) is 0.769. The molecule has 3 rings (SSSR count). The van der Waals surface area contributed by atoms with Crippen LogP contribution in [-0.2, 0) is 0 Å². The van der Waals surface area contributed by atoms with E-state index in [4.69, 9.17) is 27.7 Å². The van der Waals surface area contributed by atoms with Gasteiger partial charge in [-0.1, -0.05) is 28.4 Å². The number of aromatic amines is 1. The number of benzene rings is 1. The zero-order valence-corrected chi connectivity index (χ0v) is 12.9. The number of halogens is 3. The zero-order valence-electron chi connectivity index (χ0n) is 9.19. The van der Waals surface area contributed by atoms with Gasteiger partial charge in [-0.25, -0.2) is 0 Å². The molecule has 96 valence electrons. The van der Waals surface area contributed by atoms with Crippen LogP contribution in [0.15, 0.2) is 28.9 Å². The van der Waals surface area contributed by atoms with E-state index in [0.717, 1.165) is 3.57 Å². The summed E-state index contributed by atoms with van der Waals surface area (Å²) in [6, 6.07) is 5.10. The number of nitrogens with one attached hydrogen (secondary N) is 1. The Balaban J connectivity index is 2.04. The first-order valence-corrected chi connectivity index (χ1v) is 6.97. The molecule has 1 N–H and O–H groups in total. The van der Waals surface area contributed by atoms with Gasteiger partial charge in [-0.15, -0.1) is 0 Å². The Bertz CT molecular complexity index is 740. The third-order valence-electron chi connectivity index (χ3n) is 2.41. The molecule has 0 aliphatic rings. The summed E-state index contributed by atoms with van der Waals surface area (Å²) in [6.45, 7) is 0. The number of nitrogens with zero attached hydrogens (tertiary/aromatic N) is 3. The van der Waals surface area contributed by atoms with Gasteiger partial charge in [-0.3, -0.25) is 5.10 Å². The van der Waals surface area contributed by atoms with Crippen molar-refractivity contribution in [1.82, 2.24) is 20.3 Å². The second-order valence-corrected chi connectivity index (χ2v) is 5.65. The molecular weight excluding hydrogens is 402 g/mol. The highest BCUT2D eigenvalue weighted by Crippen LogP contribution is 2.30. The molecule has 19 heavy (non-hydrogen) atoms. The van der Waals surface area contributed by atoms with Crippen molar-refractivity contribution in [3.63, 3.8) is 0 Å². The van der Waals surface area contributed by atoms with Crippen molar-refractivity contribution in [3.8, 4) is 23.0 Å². The smallest absolute Gasteiger partial charge is 0.277 e. The number of rotatable bonds is 2. The molecule has 0 saturated carbocycles. The maximum absolute atomic E-state index is 6.10. The molecule has 0 saturated heterocycles. The maximum Gasteiger partial charge on any atom is 0.277 e. The minimum absolute atomic E-state index is 0.364. The Morgan fingerprint density at radius 1 is 1.26 bits per heavy atom. The average molecular weight is 407 g/mol. The molecule has 0 aliphatic carbocycles. The van der Waals surface area contributed by atoms with Gasteiger partial charge in [0.15, 0.2) is 0 Å². The van der Waals surface area contributed by atoms with E-state index in [1.54, 1.807) is 24.4 Å². The predicted molar refractivity (Wildman–Crippen MR) is 80.1 cm³/mol. The van der Waals surface area contributed by atoms with Gasteiger partial charge in [0, 0.05) is 10.6 Å². The molecule has 0 fully saturated rings. The van der Waals surface area contributed by atoms with Crippen LogP contribution in [0.4, 0.5) is 0 Å². The van der Waals surface area contributed by atoms with Gasteiger partial charge < -0.3 is 4.52 Å². The van der Waals surface area contributed by atoms with E-state index in [-0.39, 0.29) is 0 Å². The average Bonchev–Trinajstić information content (AvgIpc) is 2.97. The summed E-state index contributed by atoms with van der Waals surface area (Å²) < 4.78 is 6.10. The lowest BCUT2D eigenvalue weighted by molar-refractivity contribution is 0.430. The number of hydrogen-bond acceptors (Lipinski definition) is 4. The molecule has 0 aliphatic heterocycles. The maximum atomic E-state index is 6.10. The van der Waals surface area contributed by atoms with E-state index in [9.17, 15) is 0 Å². The van der Waals surface area contributed by atoms with Gasteiger partial charge in [0.1, 0.15) is 5.69 Å². The first kappa shape index (κ1) is 12.9. The molecule has 0 unspecified atom stereocenters. The molecule has 0 atom stereocenters. The molecular formula is C11H5Cl2IN4O. The highest BCUT2D eigenvalue weighted by Gasteiger charge is 2.16. The van der Waals surface area contributed by atoms with Gasteiger partial charge in [-0.2, -0.15) is 10.1 Å². The Labute approximate surface area is 131 Å². The summed E-state index contributed by atoms with van der Waals surface area (Å²) in [7, 11) is 0. The van der Waals surface area contributed by atoms with Crippen LogP contribution in [0.3, 0.4) is 0 Å². The predicted octanol–water partition coefficient (Wildman–Crippen LogP) is 4.04. The third kappa shape index (κ3) is 2.47. The number of hydrogen-bond donors (Lipinski definition) is 1. The highest BCUT2D eigenvalue weighted by atomic mass is 127. The fourth-order valence-electron chi connectivity index (χ4n) is 1.53. The van der Waals surface area contributed by atoms with Crippen LogP contribution in [0.1, 0.15) is 0 Å². The van der Waals surface area contributed by atoms with Crippen molar-refractivity contribution in [1.29, 1.82) is 0 Å². The van der Waals surface area contributed by atoms with Gasteiger partial charge in [0.2, 0.25) is 5.82 Å². The Morgan fingerprint density at radius 2 is 2.11 bits per heavy atom. The molecule has 5 nitrogen and oxygen atoms in total. The number of H-pyrrole nitrogens is 1. The quantitative estimate of drug-likeness (QED) is 0.652. The Morgan fingerprint density at radius 3 is 2.79 bits per heavy atom. The van der Waals surface area contributed by atoms with E-state index < -0.39 is 0 Å². The summed E-state index contributed by atoms with van der Waals surface area (Å²) in [6.07, 6.45) is 1.68. The lowest BCUT2D eigenvalue weighted by atomic mass is 10.2. The summed E-state index contributed by atoms with van der Waals surface area (Å²) in [4.78, 5) is 4.29. The van der Waals surface area contributed by atoms with Crippen LogP contribution in [0.5, 0.6) is 0 Å². The van der Waals surface area contributed by atoms with Crippen molar-refractivity contribution >= 4 is 45.8 Å². The molecule has 8 heteroatoms. The van der Waals surface area contributed by atoms with E-state index in [1.807, 2.05) is 0 Å². The van der Waals surface area contributed by atoms with E-state index in [2.05, 4.69) is 42.9 Å². The van der Waals surface area contributed by atoms with Crippen LogP contribution >= 0.6 is 45.8 Å². The Hall–Kier alpha value is -1.12. The van der Waals surface area contributed by atoms with Crippen LogP contribution in [-0.4, -0.2) is 20.3 Å². The molecule has 3 aromatic rings. The van der Waals surface area contributed by atoms with Crippen molar-refractivity contribution in [3.05, 3.63) is 38.0 Å². The molecule has 2 heterocycles. The molecule has 2 aromatic heterocycles. The topological polar surface area (TPSA) is 67.6 Å². The number of aromatic nitrogens is 4. The minimum atomic E-state index is 0.364. The molecule has 0 bridgehead atoms. The first-order valence-electron chi connectivity index (χ1n) is 5.13. The van der Waals surface area contributed by atoms with Crippen molar-refractivity contribution in [2.24, 2.45) is 0 Å². The lowest BCUT2D eigenvalue weighted by Gasteiger charge is -1.98. The van der Waals surface area contributed by atoms with Gasteiger partial charge in [0.25, 0.3) is 5.89 Å². The van der Waals surface area contributed by atoms with Gasteiger partial charge >= 0.3 is 0 Å². The van der Waals surface area contributed by atoms with Crippen molar-refractivity contribution < 1.29 is 4.52 Å². The standard InChI is InChI=1S/C11H5Cl2IN4O/c12-5-1-2-6(7(13)3-5)10-16-11(19-18-10)9-8(14)4-15-17-9/h1-4H,(H,15,17). The van der Waals surface area contributed by atoms with Crippen molar-refractivity contribution in [2.45, 2.75) is 0 Å². The molecule has 0 amide bonds. The molecule has 1 aromatic carbocycles. The monoisotopic (exact) mass is 406 g/mol. The summed E-state index contributed by atoms with van der Waals surface area (Å²) >= 11 is 14.1. The first-order chi connectivity index (χ1) is 9.15. The fraction of sp³-hybridized carbons (Fsp3) is 0.